The number of carbonyl (C=O) groups excluding carboxylic acids is 2. The number of esters is 1. The van der Waals surface area contributed by atoms with Crippen LogP contribution in [0.25, 0.3) is 11.4 Å². The van der Waals surface area contributed by atoms with Crippen LogP contribution in [0.2, 0.25) is 0 Å². The number of hydrogen-bond donors (Lipinski definition) is 1. The Morgan fingerprint density at radius 3 is 2.45 bits per heavy atom. The van der Waals surface area contributed by atoms with E-state index in [0.29, 0.717) is 29.2 Å². The van der Waals surface area contributed by atoms with Gasteiger partial charge in [0, 0.05) is 17.8 Å². The lowest BCUT2D eigenvalue weighted by Gasteiger charge is -2.07. The van der Waals surface area contributed by atoms with Crippen LogP contribution in [0.4, 0.5) is 5.82 Å². The van der Waals surface area contributed by atoms with Gasteiger partial charge in [0.25, 0.3) is 5.91 Å². The summed E-state index contributed by atoms with van der Waals surface area (Å²) in [5.74, 6) is -0.216. The normalized spacial score (nSPS) is 10.6. The van der Waals surface area contributed by atoms with Crippen molar-refractivity contribution in [1.82, 2.24) is 19.6 Å². The maximum atomic E-state index is 12.6. The standard InChI is InChI=1S/C23H21N5O3/c1-3-31-23(30)20-15-24-28(16(20)2)19-11-9-17(10-12-19)22(29)25-21-13-14-27(26-21)18-7-5-4-6-8-18/h4-15H,3H2,1-2H3,(H,25,26,29). The zero-order valence-electron chi connectivity index (χ0n) is 17.1. The van der Waals surface area contributed by atoms with E-state index < -0.39 is 5.97 Å². The van der Waals surface area contributed by atoms with Gasteiger partial charge in [-0.15, -0.1) is 0 Å². The smallest absolute Gasteiger partial charge is 0.341 e. The Balaban J connectivity index is 1.47. The van der Waals surface area contributed by atoms with E-state index in [2.05, 4.69) is 15.5 Å². The van der Waals surface area contributed by atoms with Gasteiger partial charge < -0.3 is 10.1 Å². The molecule has 4 aromatic rings. The van der Waals surface area contributed by atoms with Gasteiger partial charge in [0.2, 0.25) is 0 Å². The zero-order chi connectivity index (χ0) is 21.8. The first-order valence-corrected chi connectivity index (χ1v) is 9.81. The molecule has 0 saturated carbocycles. The first kappa shape index (κ1) is 20.1. The second-order valence-electron chi connectivity index (χ2n) is 6.76. The van der Waals surface area contributed by atoms with E-state index >= 15 is 0 Å². The molecule has 8 heteroatoms. The highest BCUT2D eigenvalue weighted by Crippen LogP contribution is 2.17. The van der Waals surface area contributed by atoms with Crippen molar-refractivity contribution in [2.45, 2.75) is 13.8 Å². The molecule has 0 atom stereocenters. The third-order valence-corrected chi connectivity index (χ3v) is 4.73. The topological polar surface area (TPSA) is 91.0 Å². The minimum absolute atomic E-state index is 0.269. The Morgan fingerprint density at radius 2 is 1.74 bits per heavy atom. The molecule has 4 rings (SSSR count). The summed E-state index contributed by atoms with van der Waals surface area (Å²) in [6.45, 7) is 3.85. The molecule has 0 radical (unpaired) electrons. The third kappa shape index (κ3) is 4.23. The van der Waals surface area contributed by atoms with Crippen molar-refractivity contribution in [2.24, 2.45) is 0 Å². The average Bonchev–Trinajstić information content (AvgIpc) is 3.41. The predicted octanol–water partition coefficient (Wildman–Crippen LogP) is 3.80. The van der Waals surface area contributed by atoms with Crippen LogP contribution in [0.5, 0.6) is 0 Å². The SMILES string of the molecule is CCOC(=O)c1cnn(-c2ccc(C(=O)Nc3ccn(-c4ccccc4)n3)cc2)c1C. The minimum Gasteiger partial charge on any atom is -0.462 e. The summed E-state index contributed by atoms with van der Waals surface area (Å²) in [6.07, 6.45) is 3.27. The number of nitrogens with zero attached hydrogens (tertiary/aromatic N) is 4. The lowest BCUT2D eigenvalue weighted by Crippen LogP contribution is -2.13. The van der Waals surface area contributed by atoms with Crippen LogP contribution < -0.4 is 5.32 Å². The van der Waals surface area contributed by atoms with Crippen LogP contribution in [0.1, 0.15) is 33.3 Å². The summed E-state index contributed by atoms with van der Waals surface area (Å²) in [5, 5.41) is 11.4. The van der Waals surface area contributed by atoms with Gasteiger partial charge in [0.05, 0.1) is 29.9 Å². The summed E-state index contributed by atoms with van der Waals surface area (Å²) in [7, 11) is 0. The quantitative estimate of drug-likeness (QED) is 0.484. The van der Waals surface area contributed by atoms with E-state index in [-0.39, 0.29) is 5.91 Å². The summed E-state index contributed by atoms with van der Waals surface area (Å²) < 4.78 is 8.37. The van der Waals surface area contributed by atoms with E-state index in [4.69, 9.17) is 4.74 Å². The van der Waals surface area contributed by atoms with Gasteiger partial charge in [-0.3, -0.25) is 4.79 Å². The van der Waals surface area contributed by atoms with Gasteiger partial charge in [0.15, 0.2) is 5.82 Å². The van der Waals surface area contributed by atoms with E-state index in [1.54, 1.807) is 59.7 Å². The van der Waals surface area contributed by atoms with Crippen molar-refractivity contribution in [3.8, 4) is 11.4 Å². The number of rotatable bonds is 6. The zero-order valence-corrected chi connectivity index (χ0v) is 17.1. The van der Waals surface area contributed by atoms with E-state index in [1.165, 1.54) is 6.20 Å². The highest BCUT2D eigenvalue weighted by atomic mass is 16.5. The molecule has 1 amide bonds. The fraction of sp³-hybridized carbons (Fsp3) is 0.130. The fourth-order valence-corrected chi connectivity index (χ4v) is 3.14. The largest absolute Gasteiger partial charge is 0.462 e. The van der Waals surface area contributed by atoms with Crippen molar-refractivity contribution in [3.63, 3.8) is 0 Å². The molecule has 0 unspecified atom stereocenters. The maximum absolute atomic E-state index is 12.6. The Hall–Kier alpha value is -4.20. The van der Waals surface area contributed by atoms with E-state index in [1.807, 2.05) is 30.3 Å². The molecule has 8 nitrogen and oxygen atoms in total. The molecule has 2 heterocycles. The number of aromatic nitrogens is 4. The molecule has 156 valence electrons. The highest BCUT2D eigenvalue weighted by molar-refractivity contribution is 6.03. The van der Waals surface area contributed by atoms with Gasteiger partial charge in [-0.25, -0.2) is 14.2 Å². The van der Waals surface area contributed by atoms with Gasteiger partial charge in [-0.2, -0.15) is 10.2 Å². The minimum atomic E-state index is -0.405. The number of nitrogens with one attached hydrogen (secondary N) is 1. The van der Waals surface area contributed by atoms with Gasteiger partial charge in [-0.1, -0.05) is 18.2 Å². The lowest BCUT2D eigenvalue weighted by molar-refractivity contribution is 0.0525. The van der Waals surface area contributed by atoms with Crippen LogP contribution in [0.15, 0.2) is 73.1 Å². The molecule has 0 saturated heterocycles. The molecule has 0 spiro atoms. The molecule has 31 heavy (non-hydrogen) atoms. The van der Waals surface area contributed by atoms with Crippen molar-refractivity contribution in [2.75, 3.05) is 11.9 Å². The number of hydrogen-bond acceptors (Lipinski definition) is 5. The van der Waals surface area contributed by atoms with Gasteiger partial charge in [-0.05, 0) is 50.2 Å². The van der Waals surface area contributed by atoms with Crippen LogP contribution in [-0.4, -0.2) is 38.0 Å². The fourth-order valence-electron chi connectivity index (χ4n) is 3.14. The highest BCUT2D eigenvalue weighted by Gasteiger charge is 2.16. The second-order valence-corrected chi connectivity index (χ2v) is 6.76. The monoisotopic (exact) mass is 415 g/mol. The maximum Gasteiger partial charge on any atom is 0.341 e. The van der Waals surface area contributed by atoms with E-state index in [9.17, 15) is 9.59 Å². The molecular formula is C23H21N5O3. The number of anilines is 1. The average molecular weight is 415 g/mol. The van der Waals surface area contributed by atoms with Gasteiger partial charge >= 0.3 is 5.97 Å². The van der Waals surface area contributed by atoms with Gasteiger partial charge in [0.1, 0.15) is 5.56 Å². The Kier molecular flexibility index (Phi) is 5.61. The number of carbonyl (C=O) groups is 2. The van der Waals surface area contributed by atoms with Crippen LogP contribution >= 0.6 is 0 Å². The second kappa shape index (κ2) is 8.66. The molecule has 0 bridgehead atoms. The molecule has 0 aliphatic heterocycles. The molecule has 0 aliphatic carbocycles. The number of benzene rings is 2. The van der Waals surface area contributed by atoms with E-state index in [0.717, 1.165) is 11.4 Å². The Morgan fingerprint density at radius 1 is 1.00 bits per heavy atom. The molecule has 0 aliphatic rings. The molecule has 2 aromatic heterocycles. The molecule has 2 aromatic carbocycles. The molecule has 0 fully saturated rings. The predicted molar refractivity (Wildman–Crippen MR) is 116 cm³/mol. The summed E-state index contributed by atoms with van der Waals surface area (Å²) in [5.41, 5.74) is 3.20. The van der Waals surface area contributed by atoms with Crippen molar-refractivity contribution in [3.05, 3.63) is 89.9 Å². The third-order valence-electron chi connectivity index (χ3n) is 4.73. The number of amides is 1. The van der Waals surface area contributed by atoms with Crippen molar-refractivity contribution < 1.29 is 14.3 Å². The first-order chi connectivity index (χ1) is 15.1. The molecule has 1 N–H and O–H groups in total. The first-order valence-electron chi connectivity index (χ1n) is 9.81. The Bertz CT molecular complexity index is 1210. The summed E-state index contributed by atoms with van der Waals surface area (Å²) in [4.78, 5) is 24.6. The van der Waals surface area contributed by atoms with Crippen LogP contribution in [0.3, 0.4) is 0 Å². The number of ether oxygens (including phenoxy) is 1. The lowest BCUT2D eigenvalue weighted by atomic mass is 10.2. The summed E-state index contributed by atoms with van der Waals surface area (Å²) >= 11 is 0. The summed E-state index contributed by atoms with van der Waals surface area (Å²) in [6, 6.07) is 18.3. The number of para-hydroxylation sites is 1. The van der Waals surface area contributed by atoms with Crippen molar-refractivity contribution in [1.29, 1.82) is 0 Å². The van der Waals surface area contributed by atoms with Crippen molar-refractivity contribution >= 4 is 17.7 Å². The van der Waals surface area contributed by atoms with Crippen LogP contribution in [-0.2, 0) is 4.74 Å². The van der Waals surface area contributed by atoms with Crippen LogP contribution in [0, 0.1) is 6.92 Å². The Labute approximate surface area is 179 Å². The molecular weight excluding hydrogens is 394 g/mol.